The molecular weight excluding hydrogens is 268 g/mol. The van der Waals surface area contributed by atoms with Crippen molar-refractivity contribution in [2.24, 2.45) is 0 Å². The van der Waals surface area contributed by atoms with Gasteiger partial charge in [-0.05, 0) is 48.4 Å². The Labute approximate surface area is 122 Å². The number of rotatable bonds is 1. The Morgan fingerprint density at radius 2 is 1.85 bits per heavy atom. The summed E-state index contributed by atoms with van der Waals surface area (Å²) in [4.78, 5) is 7.10. The number of fused-ring (bicyclic) bond motifs is 2. The van der Waals surface area contributed by atoms with Crippen molar-refractivity contribution in [2.75, 3.05) is 11.4 Å². The molecule has 1 aliphatic heterocycles. The van der Waals surface area contributed by atoms with Crippen molar-refractivity contribution in [3.63, 3.8) is 0 Å². The second kappa shape index (κ2) is 4.50. The van der Waals surface area contributed by atoms with Gasteiger partial charge in [-0.15, -0.1) is 0 Å². The Balaban J connectivity index is 1.87. The second-order valence-electron chi connectivity index (χ2n) is 5.05. The maximum atomic E-state index is 6.06. The average Bonchev–Trinajstić information content (AvgIpc) is 2.88. The lowest BCUT2D eigenvalue weighted by Crippen LogP contribution is -2.14. The van der Waals surface area contributed by atoms with Crippen LogP contribution in [0.2, 0.25) is 5.02 Å². The van der Waals surface area contributed by atoms with Crippen LogP contribution in [-0.2, 0) is 6.42 Å². The van der Waals surface area contributed by atoms with Crippen LogP contribution in [0.15, 0.2) is 54.6 Å². The van der Waals surface area contributed by atoms with Gasteiger partial charge in [0.25, 0.3) is 0 Å². The molecule has 0 saturated carbocycles. The van der Waals surface area contributed by atoms with Crippen molar-refractivity contribution >= 4 is 34.0 Å². The summed E-state index contributed by atoms with van der Waals surface area (Å²) < 4.78 is 0. The van der Waals surface area contributed by atoms with Crippen LogP contribution in [0.1, 0.15) is 5.56 Å². The maximum absolute atomic E-state index is 6.06. The van der Waals surface area contributed by atoms with Gasteiger partial charge >= 0.3 is 0 Å². The summed E-state index contributed by atoms with van der Waals surface area (Å²) in [6, 6.07) is 18.5. The third kappa shape index (κ3) is 1.84. The summed E-state index contributed by atoms with van der Waals surface area (Å²) in [6.45, 7) is 0.983. The number of benzene rings is 2. The molecule has 1 aromatic heterocycles. The zero-order valence-corrected chi connectivity index (χ0v) is 11.6. The fourth-order valence-electron chi connectivity index (χ4n) is 2.80. The molecule has 0 aliphatic carbocycles. The van der Waals surface area contributed by atoms with Gasteiger partial charge in [0.15, 0.2) is 0 Å². The third-order valence-electron chi connectivity index (χ3n) is 3.76. The minimum Gasteiger partial charge on any atom is -0.326 e. The smallest absolute Gasteiger partial charge is 0.137 e. The van der Waals surface area contributed by atoms with Crippen molar-refractivity contribution in [1.29, 1.82) is 0 Å². The monoisotopic (exact) mass is 280 g/mol. The largest absolute Gasteiger partial charge is 0.326 e. The summed E-state index contributed by atoms with van der Waals surface area (Å²) in [5.74, 6) is 1.08. The van der Waals surface area contributed by atoms with Crippen LogP contribution in [0.5, 0.6) is 0 Å². The molecule has 2 nitrogen and oxygen atoms in total. The van der Waals surface area contributed by atoms with Crippen LogP contribution < -0.4 is 4.90 Å². The van der Waals surface area contributed by atoms with Crippen LogP contribution in [0.4, 0.5) is 11.5 Å². The molecule has 4 rings (SSSR count). The number of pyridine rings is 1. The Bertz CT molecular complexity index is 784. The first kappa shape index (κ1) is 11.7. The number of nitrogens with zero attached hydrogens (tertiary/aromatic N) is 2. The van der Waals surface area contributed by atoms with Gasteiger partial charge in [-0.2, -0.15) is 0 Å². The van der Waals surface area contributed by atoms with E-state index >= 15 is 0 Å². The maximum Gasteiger partial charge on any atom is 0.137 e. The quantitative estimate of drug-likeness (QED) is 0.648. The Hall–Kier alpha value is -2.06. The van der Waals surface area contributed by atoms with Crippen molar-refractivity contribution in [1.82, 2.24) is 4.98 Å². The van der Waals surface area contributed by atoms with Crippen LogP contribution in [-0.4, -0.2) is 11.5 Å². The van der Waals surface area contributed by atoms with E-state index in [2.05, 4.69) is 35.2 Å². The Morgan fingerprint density at radius 3 is 2.70 bits per heavy atom. The second-order valence-corrected chi connectivity index (χ2v) is 5.48. The fourth-order valence-corrected chi connectivity index (χ4v) is 2.98. The van der Waals surface area contributed by atoms with E-state index in [-0.39, 0.29) is 0 Å². The molecule has 0 radical (unpaired) electrons. The van der Waals surface area contributed by atoms with Crippen molar-refractivity contribution in [2.45, 2.75) is 6.42 Å². The summed E-state index contributed by atoms with van der Waals surface area (Å²) in [6.07, 6.45) is 1.03. The molecule has 0 fully saturated rings. The summed E-state index contributed by atoms with van der Waals surface area (Å²) >= 11 is 6.06. The molecular formula is C17H13ClN2. The molecule has 3 aromatic rings. The van der Waals surface area contributed by atoms with Gasteiger partial charge in [0.1, 0.15) is 5.82 Å². The van der Waals surface area contributed by atoms with E-state index in [9.17, 15) is 0 Å². The van der Waals surface area contributed by atoms with Gasteiger partial charge in [-0.3, -0.25) is 0 Å². The number of para-hydroxylation sites is 1. The summed E-state index contributed by atoms with van der Waals surface area (Å²) in [7, 11) is 0. The number of hydrogen-bond acceptors (Lipinski definition) is 2. The molecule has 0 spiro atoms. The first-order valence-electron chi connectivity index (χ1n) is 6.73. The number of hydrogen-bond donors (Lipinski definition) is 0. The number of anilines is 2. The topological polar surface area (TPSA) is 16.1 Å². The van der Waals surface area contributed by atoms with E-state index < -0.39 is 0 Å². The molecule has 2 aromatic carbocycles. The van der Waals surface area contributed by atoms with E-state index in [0.29, 0.717) is 0 Å². The van der Waals surface area contributed by atoms with Gasteiger partial charge in [-0.25, -0.2) is 4.98 Å². The predicted octanol–water partition coefficient (Wildman–Crippen LogP) is 4.58. The van der Waals surface area contributed by atoms with Gasteiger partial charge in [-0.1, -0.05) is 29.8 Å². The van der Waals surface area contributed by atoms with E-state index in [1.54, 1.807) is 0 Å². The average molecular weight is 281 g/mol. The SMILES string of the molecule is Clc1ccc2nc3c(cc2c1)CCN3c1ccccc1. The van der Waals surface area contributed by atoms with E-state index in [4.69, 9.17) is 16.6 Å². The number of aromatic nitrogens is 1. The highest BCUT2D eigenvalue weighted by molar-refractivity contribution is 6.31. The molecule has 0 bridgehead atoms. The lowest BCUT2D eigenvalue weighted by molar-refractivity contribution is 0.991. The van der Waals surface area contributed by atoms with Crippen LogP contribution in [0.25, 0.3) is 10.9 Å². The molecule has 0 unspecified atom stereocenters. The lowest BCUT2D eigenvalue weighted by atomic mass is 10.1. The van der Waals surface area contributed by atoms with Crippen molar-refractivity contribution in [3.05, 3.63) is 65.2 Å². The Morgan fingerprint density at radius 1 is 1.00 bits per heavy atom. The minimum atomic E-state index is 0.761. The van der Waals surface area contributed by atoms with Crippen molar-refractivity contribution in [3.8, 4) is 0 Å². The molecule has 0 amide bonds. The van der Waals surface area contributed by atoms with Crippen molar-refractivity contribution < 1.29 is 0 Å². The van der Waals surface area contributed by atoms with Crippen LogP contribution in [0, 0.1) is 0 Å². The number of halogens is 1. The van der Waals surface area contributed by atoms with Gasteiger partial charge in [0, 0.05) is 22.6 Å². The molecule has 0 saturated heterocycles. The van der Waals surface area contributed by atoms with E-state index in [1.807, 2.05) is 24.3 Å². The van der Waals surface area contributed by atoms with Gasteiger partial charge in [0.05, 0.1) is 5.52 Å². The predicted molar refractivity (Wildman–Crippen MR) is 83.9 cm³/mol. The zero-order chi connectivity index (χ0) is 13.5. The molecule has 3 heteroatoms. The molecule has 2 heterocycles. The first-order chi connectivity index (χ1) is 9.81. The summed E-state index contributed by atoms with van der Waals surface area (Å²) in [5.41, 5.74) is 3.49. The molecule has 20 heavy (non-hydrogen) atoms. The lowest BCUT2D eigenvalue weighted by Gasteiger charge is -2.18. The first-order valence-corrected chi connectivity index (χ1v) is 7.11. The molecule has 0 atom stereocenters. The normalized spacial score (nSPS) is 13.8. The van der Waals surface area contributed by atoms with E-state index in [0.717, 1.165) is 34.7 Å². The molecule has 1 aliphatic rings. The van der Waals surface area contributed by atoms with Gasteiger partial charge in [0.2, 0.25) is 0 Å². The van der Waals surface area contributed by atoms with Crippen LogP contribution in [0.3, 0.4) is 0 Å². The third-order valence-corrected chi connectivity index (χ3v) is 4.00. The van der Waals surface area contributed by atoms with Crippen LogP contribution >= 0.6 is 11.6 Å². The highest BCUT2D eigenvalue weighted by atomic mass is 35.5. The highest BCUT2D eigenvalue weighted by Gasteiger charge is 2.22. The highest BCUT2D eigenvalue weighted by Crippen LogP contribution is 2.35. The molecule has 98 valence electrons. The zero-order valence-electron chi connectivity index (χ0n) is 10.9. The fraction of sp³-hybridized carbons (Fsp3) is 0.118. The Kier molecular flexibility index (Phi) is 2.64. The minimum absolute atomic E-state index is 0.761. The van der Waals surface area contributed by atoms with E-state index in [1.165, 1.54) is 11.3 Å². The summed E-state index contributed by atoms with van der Waals surface area (Å²) in [5, 5.41) is 1.88. The van der Waals surface area contributed by atoms with Gasteiger partial charge < -0.3 is 4.90 Å². The standard InChI is InChI=1S/C17H13ClN2/c18-14-6-7-16-13(11-14)10-12-8-9-20(17(12)19-16)15-4-2-1-3-5-15/h1-7,10-11H,8-9H2. The molecule has 0 N–H and O–H groups in total.